The van der Waals surface area contributed by atoms with E-state index in [-0.39, 0.29) is 5.91 Å². The van der Waals surface area contributed by atoms with Gasteiger partial charge in [-0.25, -0.2) is 4.98 Å². The molecule has 5 heteroatoms. The van der Waals surface area contributed by atoms with Crippen LogP contribution in [0.4, 0.5) is 5.69 Å². The third kappa shape index (κ3) is 2.65. The minimum Gasteiger partial charge on any atom is -0.321 e. The van der Waals surface area contributed by atoms with E-state index in [1.807, 2.05) is 19.9 Å². The third-order valence-electron chi connectivity index (χ3n) is 2.82. The summed E-state index contributed by atoms with van der Waals surface area (Å²) in [6.07, 6.45) is 1.56. The number of carbonyl (C=O) groups excluding carboxylic acids is 1. The number of pyridine rings is 1. The fourth-order valence-corrected chi connectivity index (χ4v) is 1.63. The van der Waals surface area contributed by atoms with Crippen LogP contribution in [0.5, 0.6) is 0 Å². The molecule has 4 nitrogen and oxygen atoms in total. The van der Waals surface area contributed by atoms with Crippen LogP contribution in [0, 0.1) is 6.92 Å². The van der Waals surface area contributed by atoms with Crippen molar-refractivity contribution in [3.05, 3.63) is 34.1 Å². The van der Waals surface area contributed by atoms with E-state index < -0.39 is 0 Å². The summed E-state index contributed by atoms with van der Waals surface area (Å²) in [6, 6.07) is 1.81. The molecule has 1 aliphatic heterocycles. The van der Waals surface area contributed by atoms with E-state index in [0.29, 0.717) is 10.8 Å². The monoisotopic (exact) mass is 251 g/mol. The van der Waals surface area contributed by atoms with Crippen molar-refractivity contribution in [3.8, 4) is 0 Å². The van der Waals surface area contributed by atoms with Gasteiger partial charge in [-0.3, -0.25) is 4.79 Å². The van der Waals surface area contributed by atoms with Crippen LogP contribution in [-0.4, -0.2) is 24.0 Å². The molecule has 1 aromatic rings. The van der Waals surface area contributed by atoms with Gasteiger partial charge >= 0.3 is 0 Å². The first-order valence-corrected chi connectivity index (χ1v) is 5.78. The van der Waals surface area contributed by atoms with Crippen LogP contribution in [0.2, 0.25) is 5.15 Å². The number of anilines is 1. The smallest absolute Gasteiger partial charge is 0.251 e. The molecule has 1 aliphatic rings. The van der Waals surface area contributed by atoms with Crippen LogP contribution < -0.4 is 10.6 Å². The molecule has 1 aromatic heterocycles. The SMILES string of the molecule is CC(C(=O)Nc1cnc(Cl)c(C)c1)=C1CNC1. The van der Waals surface area contributed by atoms with Crippen LogP contribution in [0.1, 0.15) is 12.5 Å². The largest absolute Gasteiger partial charge is 0.321 e. The summed E-state index contributed by atoms with van der Waals surface area (Å²) in [5.74, 6) is -0.0787. The minimum absolute atomic E-state index is 0.0787. The van der Waals surface area contributed by atoms with Gasteiger partial charge in [-0.15, -0.1) is 0 Å². The number of amides is 1. The first kappa shape index (κ1) is 12.1. The quantitative estimate of drug-likeness (QED) is 0.624. The number of nitrogens with zero attached hydrogens (tertiary/aromatic N) is 1. The van der Waals surface area contributed by atoms with Crippen molar-refractivity contribution in [3.63, 3.8) is 0 Å². The molecule has 0 aliphatic carbocycles. The first-order valence-electron chi connectivity index (χ1n) is 5.41. The van der Waals surface area contributed by atoms with Gasteiger partial charge in [0.15, 0.2) is 0 Å². The Morgan fingerprint density at radius 1 is 1.53 bits per heavy atom. The number of aryl methyl sites for hydroxylation is 1. The lowest BCUT2D eigenvalue weighted by molar-refractivity contribution is -0.112. The standard InChI is InChI=1S/C12H14ClN3O/c1-7-3-10(6-15-11(7)13)16-12(17)8(2)9-4-14-5-9/h3,6,14H,4-5H2,1-2H3,(H,16,17). The van der Waals surface area contributed by atoms with Crippen molar-refractivity contribution in [2.24, 2.45) is 0 Å². The second kappa shape index (κ2) is 4.85. The number of hydrogen-bond donors (Lipinski definition) is 2. The van der Waals surface area contributed by atoms with Gasteiger partial charge in [0.2, 0.25) is 0 Å². The van der Waals surface area contributed by atoms with Crippen molar-refractivity contribution < 1.29 is 4.79 Å². The van der Waals surface area contributed by atoms with Crippen molar-refractivity contribution in [1.29, 1.82) is 0 Å². The zero-order chi connectivity index (χ0) is 12.4. The van der Waals surface area contributed by atoms with Crippen LogP contribution in [0.25, 0.3) is 0 Å². The summed E-state index contributed by atoms with van der Waals surface area (Å²) in [5.41, 5.74) is 3.45. The zero-order valence-corrected chi connectivity index (χ0v) is 10.6. The summed E-state index contributed by atoms with van der Waals surface area (Å²) < 4.78 is 0. The van der Waals surface area contributed by atoms with Crippen molar-refractivity contribution in [2.45, 2.75) is 13.8 Å². The molecule has 90 valence electrons. The molecule has 17 heavy (non-hydrogen) atoms. The van der Waals surface area contributed by atoms with Crippen LogP contribution >= 0.6 is 11.6 Å². The van der Waals surface area contributed by atoms with Gasteiger partial charge in [-0.2, -0.15) is 0 Å². The van der Waals surface area contributed by atoms with E-state index in [1.165, 1.54) is 0 Å². The zero-order valence-electron chi connectivity index (χ0n) is 9.80. The topological polar surface area (TPSA) is 54.0 Å². The molecule has 0 aromatic carbocycles. The molecule has 1 fully saturated rings. The van der Waals surface area contributed by atoms with Gasteiger partial charge in [-0.1, -0.05) is 11.6 Å². The average molecular weight is 252 g/mol. The second-order valence-corrected chi connectivity index (χ2v) is 4.48. The van der Waals surface area contributed by atoms with Gasteiger partial charge in [0.1, 0.15) is 5.15 Å². The summed E-state index contributed by atoms with van der Waals surface area (Å²) in [4.78, 5) is 15.9. The maximum absolute atomic E-state index is 11.9. The molecule has 0 bridgehead atoms. The number of hydrogen-bond acceptors (Lipinski definition) is 3. The van der Waals surface area contributed by atoms with Gasteiger partial charge in [0.25, 0.3) is 5.91 Å². The van der Waals surface area contributed by atoms with Crippen molar-refractivity contribution >= 4 is 23.2 Å². The normalized spacial score (nSPS) is 14.2. The number of rotatable bonds is 2. The first-order chi connectivity index (χ1) is 8.08. The number of aromatic nitrogens is 1. The molecule has 0 atom stereocenters. The third-order valence-corrected chi connectivity index (χ3v) is 3.22. The Kier molecular flexibility index (Phi) is 3.45. The van der Waals surface area contributed by atoms with E-state index >= 15 is 0 Å². The highest BCUT2D eigenvalue weighted by Gasteiger charge is 2.16. The number of halogens is 1. The molecule has 2 heterocycles. The molecule has 0 unspecified atom stereocenters. The Morgan fingerprint density at radius 3 is 2.76 bits per heavy atom. The highest BCUT2D eigenvalue weighted by atomic mass is 35.5. The van der Waals surface area contributed by atoms with E-state index in [4.69, 9.17) is 11.6 Å². The minimum atomic E-state index is -0.0787. The van der Waals surface area contributed by atoms with Gasteiger partial charge in [-0.05, 0) is 31.1 Å². The molecular weight excluding hydrogens is 238 g/mol. The molecular formula is C12H14ClN3O. The lowest BCUT2D eigenvalue weighted by atomic mass is 10.0. The summed E-state index contributed by atoms with van der Waals surface area (Å²) in [7, 11) is 0. The maximum Gasteiger partial charge on any atom is 0.251 e. The van der Waals surface area contributed by atoms with Crippen molar-refractivity contribution in [1.82, 2.24) is 10.3 Å². The van der Waals surface area contributed by atoms with E-state index in [1.54, 1.807) is 6.20 Å². The molecule has 1 amide bonds. The van der Waals surface area contributed by atoms with E-state index in [0.717, 1.165) is 29.8 Å². The number of carbonyl (C=O) groups is 1. The Balaban J connectivity index is 2.10. The predicted octanol–water partition coefficient (Wildman–Crippen LogP) is 1.90. The van der Waals surface area contributed by atoms with Crippen LogP contribution in [0.3, 0.4) is 0 Å². The van der Waals surface area contributed by atoms with Crippen LogP contribution in [-0.2, 0) is 4.79 Å². The molecule has 2 rings (SSSR count). The molecule has 0 spiro atoms. The molecule has 2 N–H and O–H groups in total. The van der Waals surface area contributed by atoms with E-state index in [9.17, 15) is 4.79 Å². The van der Waals surface area contributed by atoms with Crippen molar-refractivity contribution in [2.75, 3.05) is 18.4 Å². The van der Waals surface area contributed by atoms with Gasteiger partial charge in [0.05, 0.1) is 11.9 Å². The predicted molar refractivity (Wildman–Crippen MR) is 68.2 cm³/mol. The highest BCUT2D eigenvalue weighted by molar-refractivity contribution is 6.30. The van der Waals surface area contributed by atoms with Crippen LogP contribution in [0.15, 0.2) is 23.4 Å². The molecule has 1 saturated heterocycles. The highest BCUT2D eigenvalue weighted by Crippen LogP contribution is 2.17. The number of nitrogens with one attached hydrogen (secondary N) is 2. The Bertz CT molecular complexity index is 491. The summed E-state index contributed by atoms with van der Waals surface area (Å²) in [6.45, 7) is 5.29. The average Bonchev–Trinajstić information content (AvgIpc) is 2.21. The second-order valence-electron chi connectivity index (χ2n) is 4.12. The summed E-state index contributed by atoms with van der Waals surface area (Å²) >= 11 is 5.82. The maximum atomic E-state index is 11.9. The molecule has 0 radical (unpaired) electrons. The Morgan fingerprint density at radius 2 is 2.24 bits per heavy atom. The summed E-state index contributed by atoms with van der Waals surface area (Å²) in [5, 5.41) is 6.38. The van der Waals surface area contributed by atoms with Gasteiger partial charge in [0, 0.05) is 18.7 Å². The molecule has 0 saturated carbocycles. The lowest BCUT2D eigenvalue weighted by Crippen LogP contribution is -2.36. The van der Waals surface area contributed by atoms with E-state index in [2.05, 4.69) is 15.6 Å². The Hall–Kier alpha value is -1.39. The Labute approximate surface area is 105 Å². The lowest BCUT2D eigenvalue weighted by Gasteiger charge is -2.21. The fourth-order valence-electron chi connectivity index (χ4n) is 1.53. The van der Waals surface area contributed by atoms with Gasteiger partial charge < -0.3 is 10.6 Å². The fraction of sp³-hybridized carbons (Fsp3) is 0.333.